The molecule has 4 heteroatoms. The highest BCUT2D eigenvalue weighted by molar-refractivity contribution is 5.80. The van der Waals surface area contributed by atoms with E-state index < -0.39 is 0 Å². The van der Waals surface area contributed by atoms with Crippen LogP contribution in [-0.4, -0.2) is 15.9 Å². The molecule has 21 heavy (non-hydrogen) atoms. The van der Waals surface area contributed by atoms with Crippen LogP contribution in [0.1, 0.15) is 17.5 Å². The van der Waals surface area contributed by atoms with E-state index in [1.807, 2.05) is 24.4 Å². The molecule has 3 rings (SSSR count). The number of benzene rings is 1. The van der Waals surface area contributed by atoms with Gasteiger partial charge >= 0.3 is 0 Å². The van der Waals surface area contributed by atoms with E-state index in [9.17, 15) is 4.79 Å². The van der Waals surface area contributed by atoms with Gasteiger partial charge in [-0.25, -0.2) is 0 Å². The molecule has 2 aromatic heterocycles. The van der Waals surface area contributed by atoms with Gasteiger partial charge in [0.15, 0.2) is 0 Å². The van der Waals surface area contributed by atoms with Crippen molar-refractivity contribution >= 4 is 16.8 Å². The predicted molar refractivity (Wildman–Crippen MR) is 82.7 cm³/mol. The molecule has 3 aromatic rings. The van der Waals surface area contributed by atoms with Gasteiger partial charge in [0.1, 0.15) is 0 Å². The van der Waals surface area contributed by atoms with Gasteiger partial charge in [-0.2, -0.15) is 0 Å². The van der Waals surface area contributed by atoms with Crippen molar-refractivity contribution in [1.29, 1.82) is 0 Å². The van der Waals surface area contributed by atoms with E-state index in [-0.39, 0.29) is 5.91 Å². The van der Waals surface area contributed by atoms with E-state index >= 15 is 0 Å². The number of fused-ring (bicyclic) bond motifs is 1. The lowest BCUT2D eigenvalue weighted by molar-refractivity contribution is -0.121. The summed E-state index contributed by atoms with van der Waals surface area (Å²) in [5, 5.41) is 4.11. The molecular formula is C17H17N3O. The zero-order valence-corrected chi connectivity index (χ0v) is 11.7. The van der Waals surface area contributed by atoms with Gasteiger partial charge < -0.3 is 10.3 Å². The van der Waals surface area contributed by atoms with Crippen molar-refractivity contribution in [3.05, 3.63) is 66.1 Å². The van der Waals surface area contributed by atoms with Crippen molar-refractivity contribution in [3.63, 3.8) is 0 Å². The zero-order chi connectivity index (χ0) is 14.5. The Kier molecular flexibility index (Phi) is 3.96. The highest BCUT2D eigenvalue weighted by Gasteiger charge is 2.03. The topological polar surface area (TPSA) is 57.8 Å². The van der Waals surface area contributed by atoms with Crippen LogP contribution >= 0.6 is 0 Å². The van der Waals surface area contributed by atoms with Crippen LogP contribution in [0.15, 0.2) is 55.0 Å². The van der Waals surface area contributed by atoms with Crippen LogP contribution in [0, 0.1) is 0 Å². The molecule has 4 nitrogen and oxygen atoms in total. The van der Waals surface area contributed by atoms with Gasteiger partial charge in [-0.05, 0) is 41.1 Å². The number of aromatic nitrogens is 2. The van der Waals surface area contributed by atoms with Crippen molar-refractivity contribution in [1.82, 2.24) is 15.3 Å². The molecule has 0 aliphatic carbocycles. The third-order valence-corrected chi connectivity index (χ3v) is 3.47. The SMILES string of the molecule is O=C(CCc1ccc2cc[nH]c2c1)NCc1cccnc1. The second-order valence-corrected chi connectivity index (χ2v) is 5.04. The summed E-state index contributed by atoms with van der Waals surface area (Å²) in [6.07, 6.45) is 6.65. The predicted octanol–water partition coefficient (Wildman–Crippen LogP) is 2.81. The molecule has 0 saturated heterocycles. The fraction of sp³-hybridized carbons (Fsp3) is 0.176. The molecule has 0 radical (unpaired) electrons. The minimum atomic E-state index is 0.0606. The summed E-state index contributed by atoms with van der Waals surface area (Å²) in [7, 11) is 0. The van der Waals surface area contributed by atoms with E-state index in [0.29, 0.717) is 13.0 Å². The number of nitrogens with zero attached hydrogens (tertiary/aromatic N) is 1. The minimum Gasteiger partial charge on any atom is -0.361 e. The molecule has 106 valence electrons. The lowest BCUT2D eigenvalue weighted by Crippen LogP contribution is -2.23. The lowest BCUT2D eigenvalue weighted by Gasteiger charge is -2.05. The Morgan fingerprint density at radius 1 is 1.19 bits per heavy atom. The van der Waals surface area contributed by atoms with Gasteiger partial charge in [-0.1, -0.05) is 18.2 Å². The monoisotopic (exact) mass is 279 g/mol. The molecule has 0 aliphatic rings. The molecule has 1 amide bonds. The van der Waals surface area contributed by atoms with Gasteiger partial charge in [0, 0.05) is 37.1 Å². The lowest BCUT2D eigenvalue weighted by atomic mass is 10.1. The van der Waals surface area contributed by atoms with E-state index in [1.54, 1.807) is 12.4 Å². The number of rotatable bonds is 5. The van der Waals surface area contributed by atoms with Crippen molar-refractivity contribution in [3.8, 4) is 0 Å². The summed E-state index contributed by atoms with van der Waals surface area (Å²) in [6.45, 7) is 0.530. The highest BCUT2D eigenvalue weighted by atomic mass is 16.1. The fourth-order valence-electron chi connectivity index (χ4n) is 2.30. The van der Waals surface area contributed by atoms with Crippen LogP contribution in [-0.2, 0) is 17.8 Å². The molecule has 2 heterocycles. The van der Waals surface area contributed by atoms with E-state index in [2.05, 4.69) is 33.5 Å². The number of hydrogen-bond donors (Lipinski definition) is 2. The van der Waals surface area contributed by atoms with Crippen molar-refractivity contribution in [2.45, 2.75) is 19.4 Å². The maximum Gasteiger partial charge on any atom is 0.220 e. The minimum absolute atomic E-state index is 0.0606. The summed E-state index contributed by atoms with van der Waals surface area (Å²) < 4.78 is 0. The molecule has 0 fully saturated rings. The van der Waals surface area contributed by atoms with Crippen LogP contribution in [0.5, 0.6) is 0 Å². The third-order valence-electron chi connectivity index (χ3n) is 3.47. The molecule has 0 spiro atoms. The summed E-state index contributed by atoms with van der Waals surface area (Å²) in [6, 6.07) is 12.1. The maximum atomic E-state index is 11.9. The number of nitrogens with one attached hydrogen (secondary N) is 2. The number of carbonyl (C=O) groups excluding carboxylic acids is 1. The first-order valence-corrected chi connectivity index (χ1v) is 7.03. The van der Waals surface area contributed by atoms with E-state index in [4.69, 9.17) is 0 Å². The summed E-state index contributed by atoms with van der Waals surface area (Å²) in [5.41, 5.74) is 3.29. The van der Waals surface area contributed by atoms with Gasteiger partial charge in [0.25, 0.3) is 0 Å². The standard InChI is InChI=1S/C17H17N3O/c21-17(20-12-14-2-1-8-18-11-14)6-4-13-3-5-15-7-9-19-16(15)10-13/h1-3,5,7-11,19H,4,6,12H2,(H,20,21). The van der Waals surface area contributed by atoms with Gasteiger partial charge in [-0.15, -0.1) is 0 Å². The van der Waals surface area contributed by atoms with Crippen molar-refractivity contribution in [2.24, 2.45) is 0 Å². The van der Waals surface area contributed by atoms with Gasteiger partial charge in [0.05, 0.1) is 0 Å². The molecular weight excluding hydrogens is 262 g/mol. The second kappa shape index (κ2) is 6.22. The van der Waals surface area contributed by atoms with E-state index in [0.717, 1.165) is 17.5 Å². The first-order chi connectivity index (χ1) is 10.3. The number of aromatic amines is 1. The van der Waals surface area contributed by atoms with E-state index in [1.165, 1.54) is 10.9 Å². The van der Waals surface area contributed by atoms with Crippen molar-refractivity contribution < 1.29 is 4.79 Å². The smallest absolute Gasteiger partial charge is 0.220 e. The summed E-state index contributed by atoms with van der Waals surface area (Å²) >= 11 is 0. The summed E-state index contributed by atoms with van der Waals surface area (Å²) in [4.78, 5) is 19.1. The van der Waals surface area contributed by atoms with Crippen LogP contribution in [0.3, 0.4) is 0 Å². The Morgan fingerprint density at radius 3 is 3.00 bits per heavy atom. The normalized spacial score (nSPS) is 10.7. The number of H-pyrrole nitrogens is 1. The number of amides is 1. The first-order valence-electron chi connectivity index (χ1n) is 7.03. The molecule has 0 unspecified atom stereocenters. The molecule has 0 aliphatic heterocycles. The van der Waals surface area contributed by atoms with Crippen LogP contribution in [0.2, 0.25) is 0 Å². The Balaban J connectivity index is 1.51. The largest absolute Gasteiger partial charge is 0.361 e. The molecule has 0 atom stereocenters. The quantitative estimate of drug-likeness (QED) is 0.754. The Morgan fingerprint density at radius 2 is 2.14 bits per heavy atom. The summed E-state index contributed by atoms with van der Waals surface area (Å²) in [5.74, 6) is 0.0606. The van der Waals surface area contributed by atoms with Gasteiger partial charge in [0.2, 0.25) is 5.91 Å². The van der Waals surface area contributed by atoms with Crippen LogP contribution in [0.25, 0.3) is 10.9 Å². The fourth-order valence-corrected chi connectivity index (χ4v) is 2.30. The highest BCUT2D eigenvalue weighted by Crippen LogP contribution is 2.15. The second-order valence-electron chi connectivity index (χ2n) is 5.04. The molecule has 0 bridgehead atoms. The van der Waals surface area contributed by atoms with Crippen molar-refractivity contribution in [2.75, 3.05) is 0 Å². The zero-order valence-electron chi connectivity index (χ0n) is 11.7. The number of pyridine rings is 1. The Labute approximate surface area is 123 Å². The molecule has 0 saturated carbocycles. The Bertz CT molecular complexity index is 734. The third kappa shape index (κ3) is 3.48. The average Bonchev–Trinajstić information content (AvgIpc) is 2.99. The average molecular weight is 279 g/mol. The Hall–Kier alpha value is -2.62. The number of aryl methyl sites for hydroxylation is 1. The maximum absolute atomic E-state index is 11.9. The molecule has 2 N–H and O–H groups in total. The number of carbonyl (C=O) groups is 1. The number of hydrogen-bond acceptors (Lipinski definition) is 2. The van der Waals surface area contributed by atoms with Crippen LogP contribution in [0.4, 0.5) is 0 Å². The first kappa shape index (κ1) is 13.4. The van der Waals surface area contributed by atoms with Crippen LogP contribution < -0.4 is 5.32 Å². The van der Waals surface area contributed by atoms with Gasteiger partial charge in [-0.3, -0.25) is 9.78 Å². The molecule has 1 aromatic carbocycles.